The molecule has 0 aliphatic carbocycles. The van der Waals surface area contributed by atoms with Crippen LogP contribution in [0.15, 0.2) is 45.8 Å². The molecule has 31 heavy (non-hydrogen) atoms. The number of para-hydroxylation sites is 1. The Kier molecular flexibility index (Phi) is 8.14. The quantitative estimate of drug-likeness (QED) is 0.271. The average molecular weight is 539 g/mol. The van der Waals surface area contributed by atoms with E-state index in [0.717, 1.165) is 45.7 Å². The van der Waals surface area contributed by atoms with Crippen molar-refractivity contribution in [3.8, 4) is 5.75 Å². The zero-order valence-corrected chi connectivity index (χ0v) is 20.0. The predicted molar refractivity (Wildman–Crippen MR) is 130 cm³/mol. The summed E-state index contributed by atoms with van der Waals surface area (Å²) < 4.78 is 30.7. The molecular weight excluding hydrogens is 512 g/mol. The van der Waals surface area contributed by atoms with Crippen LogP contribution in [0, 0.1) is 12.7 Å². The highest BCUT2D eigenvalue weighted by Crippen LogP contribution is 2.29. The van der Waals surface area contributed by atoms with Crippen molar-refractivity contribution in [1.82, 2.24) is 10.6 Å². The van der Waals surface area contributed by atoms with E-state index in [1.165, 1.54) is 12.1 Å². The van der Waals surface area contributed by atoms with E-state index in [2.05, 4.69) is 21.7 Å². The summed E-state index contributed by atoms with van der Waals surface area (Å²) in [5, 5.41) is 7.66. The fourth-order valence-corrected chi connectivity index (χ4v) is 3.63. The van der Waals surface area contributed by atoms with Gasteiger partial charge in [0.1, 0.15) is 29.5 Å². The molecule has 3 aromatic rings. The van der Waals surface area contributed by atoms with E-state index >= 15 is 0 Å². The van der Waals surface area contributed by atoms with Gasteiger partial charge in [0.15, 0.2) is 12.8 Å². The van der Waals surface area contributed by atoms with Gasteiger partial charge in [-0.2, -0.15) is 0 Å². The number of fused-ring (bicyclic) bond motifs is 2. The number of hydrogen-bond acceptors (Lipinski definition) is 4. The topological polar surface area (TPSA) is 68.0 Å². The third kappa shape index (κ3) is 5.48. The van der Waals surface area contributed by atoms with Gasteiger partial charge in [-0.25, -0.2) is 9.38 Å². The summed E-state index contributed by atoms with van der Waals surface area (Å²) in [6.07, 6.45) is 0.605. The Morgan fingerprint density at radius 1 is 1.19 bits per heavy atom. The van der Waals surface area contributed by atoms with Crippen LogP contribution in [0.5, 0.6) is 5.75 Å². The van der Waals surface area contributed by atoms with Gasteiger partial charge in [-0.1, -0.05) is 18.2 Å². The van der Waals surface area contributed by atoms with Crippen molar-refractivity contribution in [3.63, 3.8) is 0 Å². The second-order valence-electron chi connectivity index (χ2n) is 7.18. The highest BCUT2D eigenvalue weighted by atomic mass is 127. The van der Waals surface area contributed by atoms with Gasteiger partial charge < -0.3 is 24.5 Å². The largest absolute Gasteiger partial charge is 0.467 e. The van der Waals surface area contributed by atoms with Crippen LogP contribution in [-0.4, -0.2) is 25.8 Å². The van der Waals surface area contributed by atoms with Crippen LogP contribution in [0.25, 0.3) is 11.0 Å². The molecule has 1 aliphatic rings. The van der Waals surface area contributed by atoms with Crippen molar-refractivity contribution in [2.75, 3.05) is 19.9 Å². The fraction of sp³-hybridized carbons (Fsp3) is 0.348. The first-order valence-electron chi connectivity index (χ1n) is 10.2. The molecule has 4 rings (SSSR count). The smallest absolute Gasteiger partial charge is 0.191 e. The van der Waals surface area contributed by atoms with Crippen LogP contribution in [0.3, 0.4) is 0 Å². The van der Waals surface area contributed by atoms with Gasteiger partial charge in [0, 0.05) is 29.6 Å². The molecule has 0 unspecified atom stereocenters. The van der Waals surface area contributed by atoms with Crippen LogP contribution in [0.1, 0.15) is 29.4 Å². The number of aryl methyl sites for hydroxylation is 1. The van der Waals surface area contributed by atoms with Crippen molar-refractivity contribution in [2.24, 2.45) is 4.99 Å². The maximum Gasteiger partial charge on any atom is 0.191 e. The number of furan rings is 1. The molecule has 2 heterocycles. The van der Waals surface area contributed by atoms with Crippen molar-refractivity contribution in [1.29, 1.82) is 0 Å². The number of ether oxygens (including phenoxy) is 2. The van der Waals surface area contributed by atoms with Crippen LogP contribution < -0.4 is 15.4 Å². The SMILES string of the molecule is CCNC(=NCc1oc2ccccc2c1C)NCCc1cc(F)cc2c1OCOC2.I. The van der Waals surface area contributed by atoms with E-state index < -0.39 is 0 Å². The monoisotopic (exact) mass is 539 g/mol. The summed E-state index contributed by atoms with van der Waals surface area (Å²) in [6, 6.07) is 11.0. The lowest BCUT2D eigenvalue weighted by molar-refractivity contribution is -0.0172. The summed E-state index contributed by atoms with van der Waals surface area (Å²) in [6.45, 7) is 6.39. The van der Waals surface area contributed by atoms with Crippen molar-refractivity contribution in [3.05, 3.63) is 64.7 Å². The molecule has 0 saturated carbocycles. The zero-order chi connectivity index (χ0) is 20.9. The molecule has 0 atom stereocenters. The molecule has 0 saturated heterocycles. The minimum Gasteiger partial charge on any atom is -0.467 e. The molecule has 2 aromatic carbocycles. The minimum absolute atomic E-state index is 0. The molecule has 1 aromatic heterocycles. The minimum atomic E-state index is -0.279. The number of benzene rings is 2. The Morgan fingerprint density at radius 2 is 2.03 bits per heavy atom. The molecule has 8 heteroatoms. The van der Waals surface area contributed by atoms with Crippen molar-refractivity contribution >= 4 is 40.9 Å². The van der Waals surface area contributed by atoms with Gasteiger partial charge >= 0.3 is 0 Å². The summed E-state index contributed by atoms with van der Waals surface area (Å²) >= 11 is 0. The summed E-state index contributed by atoms with van der Waals surface area (Å²) in [7, 11) is 0. The van der Waals surface area contributed by atoms with E-state index in [1.807, 2.05) is 32.0 Å². The molecule has 1 aliphatic heterocycles. The normalized spacial score (nSPS) is 13.3. The van der Waals surface area contributed by atoms with Crippen molar-refractivity contribution < 1.29 is 18.3 Å². The van der Waals surface area contributed by atoms with Gasteiger partial charge in [0.05, 0.1) is 6.61 Å². The molecule has 0 radical (unpaired) electrons. The summed E-state index contributed by atoms with van der Waals surface area (Å²) in [5.41, 5.74) is 3.55. The summed E-state index contributed by atoms with van der Waals surface area (Å²) in [4.78, 5) is 4.65. The highest BCUT2D eigenvalue weighted by molar-refractivity contribution is 14.0. The Hall–Kier alpha value is -2.33. The van der Waals surface area contributed by atoms with Gasteiger partial charge in [0.25, 0.3) is 0 Å². The molecule has 166 valence electrons. The molecule has 2 N–H and O–H groups in total. The van der Waals surface area contributed by atoms with Crippen LogP contribution in [0.2, 0.25) is 0 Å². The number of rotatable bonds is 6. The Morgan fingerprint density at radius 3 is 2.84 bits per heavy atom. The first-order chi connectivity index (χ1) is 14.7. The van der Waals surface area contributed by atoms with Crippen LogP contribution >= 0.6 is 24.0 Å². The number of nitrogens with zero attached hydrogens (tertiary/aromatic N) is 1. The van der Waals surface area contributed by atoms with E-state index in [-0.39, 0.29) is 36.6 Å². The van der Waals surface area contributed by atoms with Crippen LogP contribution in [-0.2, 0) is 24.3 Å². The van der Waals surface area contributed by atoms with Crippen LogP contribution in [0.4, 0.5) is 4.39 Å². The van der Waals surface area contributed by atoms with E-state index in [0.29, 0.717) is 32.1 Å². The molecule has 6 nitrogen and oxygen atoms in total. The lowest BCUT2D eigenvalue weighted by atomic mass is 10.1. The first-order valence-corrected chi connectivity index (χ1v) is 10.2. The van der Waals surface area contributed by atoms with Gasteiger partial charge in [-0.3, -0.25) is 0 Å². The third-order valence-corrected chi connectivity index (χ3v) is 5.11. The number of halogens is 2. The molecule has 0 fully saturated rings. The number of hydrogen-bond donors (Lipinski definition) is 2. The zero-order valence-electron chi connectivity index (χ0n) is 17.7. The lowest BCUT2D eigenvalue weighted by Gasteiger charge is -2.21. The highest BCUT2D eigenvalue weighted by Gasteiger charge is 2.17. The summed E-state index contributed by atoms with van der Waals surface area (Å²) in [5.74, 6) is 1.98. The molecule has 0 spiro atoms. The maximum absolute atomic E-state index is 13.9. The molecule has 0 bridgehead atoms. The number of aliphatic imine (C=N–C) groups is 1. The Balaban J connectivity index is 0.00000272. The molecular formula is C23H27FIN3O3. The fourth-order valence-electron chi connectivity index (χ4n) is 3.63. The first kappa shape index (κ1) is 23.3. The van der Waals surface area contributed by atoms with Gasteiger partial charge in [-0.15, -0.1) is 24.0 Å². The maximum atomic E-state index is 13.9. The Bertz CT molecular complexity index is 1070. The van der Waals surface area contributed by atoms with E-state index in [4.69, 9.17) is 13.9 Å². The predicted octanol–water partition coefficient (Wildman–Crippen LogP) is 4.66. The van der Waals surface area contributed by atoms with Gasteiger partial charge in [-0.05, 0) is 44.0 Å². The third-order valence-electron chi connectivity index (χ3n) is 5.11. The number of guanidine groups is 1. The molecule has 0 amide bonds. The Labute approximate surface area is 198 Å². The second kappa shape index (κ2) is 10.8. The lowest BCUT2D eigenvalue weighted by Crippen LogP contribution is -2.38. The van der Waals surface area contributed by atoms with Crippen molar-refractivity contribution in [2.45, 2.75) is 33.4 Å². The van der Waals surface area contributed by atoms with E-state index in [1.54, 1.807) is 0 Å². The second-order valence-corrected chi connectivity index (χ2v) is 7.18. The van der Waals surface area contributed by atoms with Gasteiger partial charge in [0.2, 0.25) is 0 Å². The average Bonchev–Trinajstić information content (AvgIpc) is 3.07. The number of nitrogens with one attached hydrogen (secondary N) is 2. The standard InChI is InChI=1S/C23H26FN3O3.HI/c1-3-25-23(27-12-21-15(2)19-6-4-5-7-20(19)30-21)26-9-8-16-10-18(24)11-17-13-28-14-29-22(16)17;/h4-7,10-11H,3,8-9,12-14H2,1-2H3,(H2,25,26,27);1H. The van der Waals surface area contributed by atoms with E-state index in [9.17, 15) is 4.39 Å².